The summed E-state index contributed by atoms with van der Waals surface area (Å²) in [6, 6.07) is 4.81. The molecule has 0 heterocycles. The molecule has 1 aromatic carbocycles. The lowest BCUT2D eigenvalue weighted by atomic mass is 9.69. The van der Waals surface area contributed by atoms with Crippen molar-refractivity contribution in [3.8, 4) is 0 Å². The third-order valence-electron chi connectivity index (χ3n) is 3.63. The Bertz CT molecular complexity index is 523. The maximum absolute atomic E-state index is 12.8. The lowest BCUT2D eigenvalue weighted by Gasteiger charge is -2.41. The molecule has 0 amide bonds. The number of halogens is 1. The average molecular weight is 287 g/mol. The van der Waals surface area contributed by atoms with E-state index >= 15 is 0 Å². The first-order chi connectivity index (χ1) is 8.97. The number of benzene rings is 1. The topological polar surface area (TPSA) is 55.4 Å². The SMILES string of the molecule is COCC1(CNS(=O)(=O)c2ccc(F)cc2)CCC1. The van der Waals surface area contributed by atoms with E-state index in [1.165, 1.54) is 12.1 Å². The molecule has 0 spiro atoms. The molecule has 1 saturated carbocycles. The van der Waals surface area contributed by atoms with Gasteiger partial charge in [-0.25, -0.2) is 17.5 Å². The molecule has 0 saturated heterocycles. The number of hydrogen-bond acceptors (Lipinski definition) is 3. The summed E-state index contributed by atoms with van der Waals surface area (Å²) in [5.74, 6) is -0.450. The monoisotopic (exact) mass is 287 g/mol. The molecular weight excluding hydrogens is 269 g/mol. The third kappa shape index (κ3) is 3.32. The standard InChI is InChI=1S/C13H18FNO3S/c1-18-10-13(7-2-8-13)9-15-19(16,17)12-5-3-11(14)4-6-12/h3-6,15H,2,7-10H2,1H3. The van der Waals surface area contributed by atoms with E-state index in [-0.39, 0.29) is 10.3 Å². The zero-order chi connectivity index (χ0) is 13.9. The maximum Gasteiger partial charge on any atom is 0.240 e. The van der Waals surface area contributed by atoms with E-state index in [2.05, 4.69) is 4.72 Å². The van der Waals surface area contributed by atoms with Crippen LogP contribution < -0.4 is 4.72 Å². The Morgan fingerprint density at radius 2 is 1.95 bits per heavy atom. The highest BCUT2D eigenvalue weighted by molar-refractivity contribution is 7.89. The minimum atomic E-state index is -3.58. The van der Waals surface area contributed by atoms with Gasteiger partial charge in [-0.15, -0.1) is 0 Å². The van der Waals surface area contributed by atoms with Crippen LogP contribution in [0.15, 0.2) is 29.2 Å². The molecule has 0 aromatic heterocycles. The summed E-state index contributed by atoms with van der Waals surface area (Å²) < 4.78 is 44.6. The van der Waals surface area contributed by atoms with Crippen molar-refractivity contribution in [3.05, 3.63) is 30.1 Å². The molecule has 6 heteroatoms. The quantitative estimate of drug-likeness (QED) is 0.869. The van der Waals surface area contributed by atoms with Crippen LogP contribution in [0.3, 0.4) is 0 Å². The van der Waals surface area contributed by atoms with Gasteiger partial charge in [0.25, 0.3) is 0 Å². The van der Waals surface area contributed by atoms with E-state index in [9.17, 15) is 12.8 Å². The van der Waals surface area contributed by atoms with E-state index in [0.717, 1.165) is 31.4 Å². The molecule has 0 unspecified atom stereocenters. The highest BCUT2D eigenvalue weighted by atomic mass is 32.2. The van der Waals surface area contributed by atoms with Crippen LogP contribution in [-0.2, 0) is 14.8 Å². The van der Waals surface area contributed by atoms with Crippen molar-refractivity contribution in [1.29, 1.82) is 0 Å². The van der Waals surface area contributed by atoms with Gasteiger partial charge >= 0.3 is 0 Å². The number of nitrogens with one attached hydrogen (secondary N) is 1. The van der Waals surface area contributed by atoms with Gasteiger partial charge in [0.15, 0.2) is 0 Å². The number of ether oxygens (including phenoxy) is 1. The zero-order valence-corrected chi connectivity index (χ0v) is 11.7. The fourth-order valence-electron chi connectivity index (χ4n) is 2.30. The van der Waals surface area contributed by atoms with Gasteiger partial charge in [0.1, 0.15) is 5.82 Å². The fourth-order valence-corrected chi connectivity index (χ4v) is 3.46. The van der Waals surface area contributed by atoms with Crippen molar-refractivity contribution in [1.82, 2.24) is 4.72 Å². The first-order valence-corrected chi connectivity index (χ1v) is 7.70. The highest BCUT2D eigenvalue weighted by Crippen LogP contribution is 2.40. The molecule has 1 fully saturated rings. The largest absolute Gasteiger partial charge is 0.384 e. The summed E-state index contributed by atoms with van der Waals surface area (Å²) in [6.07, 6.45) is 3.03. The molecule has 4 nitrogen and oxygen atoms in total. The first kappa shape index (κ1) is 14.4. The van der Waals surface area contributed by atoms with Crippen molar-refractivity contribution < 1.29 is 17.5 Å². The van der Waals surface area contributed by atoms with Crippen molar-refractivity contribution in [2.75, 3.05) is 20.3 Å². The first-order valence-electron chi connectivity index (χ1n) is 6.22. The summed E-state index contributed by atoms with van der Waals surface area (Å²) in [7, 11) is -1.96. The minimum Gasteiger partial charge on any atom is -0.384 e. The minimum absolute atomic E-state index is 0.0815. The van der Waals surface area contributed by atoms with Crippen LogP contribution in [0.5, 0.6) is 0 Å². The molecule has 0 radical (unpaired) electrons. The van der Waals surface area contributed by atoms with Crippen molar-refractivity contribution >= 4 is 10.0 Å². The summed E-state index contributed by atoms with van der Waals surface area (Å²) in [6.45, 7) is 0.916. The van der Waals surface area contributed by atoms with Crippen LogP contribution >= 0.6 is 0 Å². The molecule has 2 rings (SSSR count). The second kappa shape index (κ2) is 5.56. The highest BCUT2D eigenvalue weighted by Gasteiger charge is 2.37. The van der Waals surface area contributed by atoms with E-state index in [1.807, 2.05) is 0 Å². The molecule has 19 heavy (non-hydrogen) atoms. The second-order valence-electron chi connectivity index (χ2n) is 5.07. The Morgan fingerprint density at radius 1 is 1.32 bits per heavy atom. The Kier molecular flexibility index (Phi) is 4.23. The smallest absolute Gasteiger partial charge is 0.240 e. The predicted molar refractivity (Wildman–Crippen MR) is 69.7 cm³/mol. The van der Waals surface area contributed by atoms with Gasteiger partial charge in [0.2, 0.25) is 10.0 Å². The second-order valence-corrected chi connectivity index (χ2v) is 6.83. The van der Waals surface area contributed by atoms with Crippen LogP contribution in [-0.4, -0.2) is 28.7 Å². The van der Waals surface area contributed by atoms with Crippen LogP contribution in [0, 0.1) is 11.2 Å². The molecule has 1 aromatic rings. The summed E-state index contributed by atoms with van der Waals surface area (Å²) in [5, 5.41) is 0. The van der Waals surface area contributed by atoms with Crippen LogP contribution in [0.1, 0.15) is 19.3 Å². The van der Waals surface area contributed by atoms with Gasteiger partial charge in [0, 0.05) is 19.1 Å². The van der Waals surface area contributed by atoms with Gasteiger partial charge in [-0.3, -0.25) is 0 Å². The molecule has 1 aliphatic rings. The van der Waals surface area contributed by atoms with Crippen LogP contribution in [0.4, 0.5) is 4.39 Å². The zero-order valence-electron chi connectivity index (χ0n) is 10.9. The lowest BCUT2D eigenvalue weighted by Crippen LogP contribution is -2.45. The van der Waals surface area contributed by atoms with Gasteiger partial charge in [-0.05, 0) is 37.1 Å². The normalized spacial score (nSPS) is 18.0. The molecule has 106 valence electrons. The number of methoxy groups -OCH3 is 1. The number of hydrogen-bond donors (Lipinski definition) is 1. The van der Waals surface area contributed by atoms with Crippen molar-refractivity contribution in [2.45, 2.75) is 24.2 Å². The van der Waals surface area contributed by atoms with Crippen LogP contribution in [0.2, 0.25) is 0 Å². The molecule has 1 N–H and O–H groups in total. The predicted octanol–water partition coefficient (Wildman–Crippen LogP) is 1.92. The van der Waals surface area contributed by atoms with E-state index in [1.54, 1.807) is 7.11 Å². The van der Waals surface area contributed by atoms with Gasteiger partial charge < -0.3 is 4.74 Å². The molecule has 0 aliphatic heterocycles. The summed E-state index contributed by atoms with van der Waals surface area (Å²) in [4.78, 5) is 0.0841. The Morgan fingerprint density at radius 3 is 2.42 bits per heavy atom. The average Bonchev–Trinajstić information content (AvgIpc) is 2.33. The Hall–Kier alpha value is -0.980. The van der Waals surface area contributed by atoms with E-state index in [4.69, 9.17) is 4.74 Å². The molecule has 0 bridgehead atoms. The summed E-state index contributed by atoms with van der Waals surface area (Å²) >= 11 is 0. The Labute approximate surface area is 113 Å². The Balaban J connectivity index is 2.03. The van der Waals surface area contributed by atoms with Gasteiger partial charge in [-0.1, -0.05) is 6.42 Å². The lowest BCUT2D eigenvalue weighted by molar-refractivity contribution is 0.0220. The fraction of sp³-hybridized carbons (Fsp3) is 0.538. The van der Waals surface area contributed by atoms with Gasteiger partial charge in [-0.2, -0.15) is 0 Å². The van der Waals surface area contributed by atoms with E-state index < -0.39 is 15.8 Å². The summed E-state index contributed by atoms with van der Waals surface area (Å²) in [5.41, 5.74) is -0.0815. The number of rotatable bonds is 6. The molecule has 0 atom stereocenters. The number of sulfonamides is 1. The van der Waals surface area contributed by atoms with Crippen molar-refractivity contribution in [2.24, 2.45) is 5.41 Å². The van der Waals surface area contributed by atoms with E-state index in [0.29, 0.717) is 13.2 Å². The van der Waals surface area contributed by atoms with Crippen molar-refractivity contribution in [3.63, 3.8) is 0 Å². The maximum atomic E-state index is 12.8. The third-order valence-corrected chi connectivity index (χ3v) is 5.04. The van der Waals surface area contributed by atoms with Gasteiger partial charge in [0.05, 0.1) is 11.5 Å². The molecule has 1 aliphatic carbocycles. The molecular formula is C13H18FNO3S. The van der Waals surface area contributed by atoms with Crippen LogP contribution in [0.25, 0.3) is 0 Å².